The number of benzene rings is 1. The molecular weight excluding hydrogens is 394 g/mol. The fourth-order valence-electron chi connectivity index (χ4n) is 4.61. The zero-order valence-electron chi connectivity index (χ0n) is 18.0. The average Bonchev–Trinajstić information content (AvgIpc) is 3.29. The first-order valence-electron chi connectivity index (χ1n) is 11.3. The van der Waals surface area contributed by atoms with Gasteiger partial charge in [-0.25, -0.2) is 9.48 Å². The Hall–Kier alpha value is -2.90. The van der Waals surface area contributed by atoms with Crippen molar-refractivity contribution in [3.8, 4) is 0 Å². The van der Waals surface area contributed by atoms with Gasteiger partial charge in [0.2, 0.25) is 11.8 Å². The monoisotopic (exact) mass is 423 g/mol. The summed E-state index contributed by atoms with van der Waals surface area (Å²) in [5.74, 6) is 0.974. The molecule has 31 heavy (non-hydrogen) atoms. The zero-order chi connectivity index (χ0) is 21.5. The molecule has 8 nitrogen and oxygen atoms in total. The molecule has 1 atom stereocenters. The normalized spacial score (nSPS) is 20.7. The standard InChI is InChI=1S/C23H29N5O3/c1-16-4-6-18(7-5-16)13-27-23(31)28-19(22(30)25-10-2-3-11-25)14-26(15-20(28)24-27)21(29)12-17-8-9-17/h4-7,17,19H,2-3,8-15H2,1H3. The molecule has 0 N–H and O–H groups in total. The van der Waals surface area contributed by atoms with Crippen LogP contribution >= 0.6 is 0 Å². The van der Waals surface area contributed by atoms with Crippen LogP contribution in [0.3, 0.4) is 0 Å². The van der Waals surface area contributed by atoms with E-state index in [0.717, 1.165) is 36.8 Å². The minimum absolute atomic E-state index is 0.0634. The topological polar surface area (TPSA) is 80.4 Å². The number of nitrogens with zero attached hydrogens (tertiary/aromatic N) is 5. The summed E-state index contributed by atoms with van der Waals surface area (Å²) in [6.07, 6.45) is 4.70. The van der Waals surface area contributed by atoms with E-state index in [-0.39, 0.29) is 30.6 Å². The molecule has 0 radical (unpaired) electrons. The summed E-state index contributed by atoms with van der Waals surface area (Å²) < 4.78 is 2.97. The van der Waals surface area contributed by atoms with Gasteiger partial charge in [-0.15, -0.1) is 0 Å². The van der Waals surface area contributed by atoms with Gasteiger partial charge in [-0.2, -0.15) is 5.10 Å². The van der Waals surface area contributed by atoms with Crippen molar-refractivity contribution in [1.29, 1.82) is 0 Å². The Morgan fingerprint density at radius 3 is 2.45 bits per heavy atom. The summed E-state index contributed by atoms with van der Waals surface area (Å²) in [7, 11) is 0. The number of amides is 2. The Bertz CT molecular complexity index is 1040. The second-order valence-corrected chi connectivity index (χ2v) is 9.18. The largest absolute Gasteiger partial charge is 0.347 e. The van der Waals surface area contributed by atoms with E-state index in [0.29, 0.717) is 37.8 Å². The van der Waals surface area contributed by atoms with Gasteiger partial charge in [-0.05, 0) is 44.1 Å². The summed E-state index contributed by atoms with van der Waals surface area (Å²) in [5.41, 5.74) is 1.86. The molecule has 1 aromatic heterocycles. The van der Waals surface area contributed by atoms with Crippen LogP contribution in [0.5, 0.6) is 0 Å². The Morgan fingerprint density at radius 2 is 1.77 bits per heavy atom. The van der Waals surface area contributed by atoms with E-state index < -0.39 is 6.04 Å². The van der Waals surface area contributed by atoms with Gasteiger partial charge in [0.25, 0.3) is 0 Å². The van der Waals surface area contributed by atoms with Crippen LogP contribution < -0.4 is 5.69 Å². The second kappa shape index (κ2) is 7.98. The molecule has 2 amide bonds. The summed E-state index contributed by atoms with van der Waals surface area (Å²) >= 11 is 0. The summed E-state index contributed by atoms with van der Waals surface area (Å²) in [4.78, 5) is 43.0. The third-order valence-corrected chi connectivity index (χ3v) is 6.65. The van der Waals surface area contributed by atoms with Crippen molar-refractivity contribution < 1.29 is 9.59 Å². The van der Waals surface area contributed by atoms with E-state index in [9.17, 15) is 14.4 Å². The highest BCUT2D eigenvalue weighted by molar-refractivity contribution is 5.83. The molecule has 5 rings (SSSR count). The molecule has 0 spiro atoms. The number of aromatic nitrogens is 3. The lowest BCUT2D eigenvalue weighted by atomic mass is 10.1. The van der Waals surface area contributed by atoms with Crippen molar-refractivity contribution in [1.82, 2.24) is 24.1 Å². The van der Waals surface area contributed by atoms with Gasteiger partial charge in [-0.1, -0.05) is 29.8 Å². The van der Waals surface area contributed by atoms with Gasteiger partial charge in [-0.3, -0.25) is 14.2 Å². The number of fused-ring (bicyclic) bond motifs is 1. The first-order chi connectivity index (χ1) is 15.0. The van der Waals surface area contributed by atoms with E-state index in [1.54, 1.807) is 4.90 Å². The Balaban J connectivity index is 1.46. The van der Waals surface area contributed by atoms with Gasteiger partial charge >= 0.3 is 5.69 Å². The number of likely N-dealkylation sites (tertiary alicyclic amines) is 1. The van der Waals surface area contributed by atoms with Crippen molar-refractivity contribution in [3.63, 3.8) is 0 Å². The van der Waals surface area contributed by atoms with Crippen LogP contribution in [0.15, 0.2) is 29.1 Å². The lowest BCUT2D eigenvalue weighted by Crippen LogP contribution is -2.50. The number of carbonyl (C=O) groups is 2. The molecule has 1 aromatic carbocycles. The Morgan fingerprint density at radius 1 is 1.06 bits per heavy atom. The highest BCUT2D eigenvalue weighted by Gasteiger charge is 2.39. The van der Waals surface area contributed by atoms with Crippen molar-refractivity contribution in [2.45, 2.75) is 58.2 Å². The summed E-state index contributed by atoms with van der Waals surface area (Å²) in [5, 5.41) is 4.56. The third-order valence-electron chi connectivity index (χ3n) is 6.65. The fraction of sp³-hybridized carbons (Fsp3) is 0.565. The van der Waals surface area contributed by atoms with Gasteiger partial charge in [0.05, 0.1) is 19.6 Å². The van der Waals surface area contributed by atoms with Gasteiger partial charge in [0.1, 0.15) is 6.04 Å². The molecule has 3 heterocycles. The maximum absolute atomic E-state index is 13.3. The predicted molar refractivity (Wildman–Crippen MR) is 114 cm³/mol. The molecule has 2 fully saturated rings. The third kappa shape index (κ3) is 4.03. The maximum Gasteiger partial charge on any atom is 0.347 e. The molecule has 3 aliphatic rings. The molecular formula is C23H29N5O3. The van der Waals surface area contributed by atoms with Crippen LogP contribution in [0.4, 0.5) is 0 Å². The second-order valence-electron chi connectivity index (χ2n) is 9.18. The molecule has 2 aliphatic heterocycles. The van der Waals surface area contributed by atoms with Crippen molar-refractivity contribution in [3.05, 3.63) is 51.7 Å². The van der Waals surface area contributed by atoms with E-state index in [4.69, 9.17) is 0 Å². The SMILES string of the molecule is Cc1ccc(Cn2nc3n(c2=O)C(C(=O)N2CCCC2)CN(C(=O)CC2CC2)C3)cc1. The first-order valence-corrected chi connectivity index (χ1v) is 11.3. The Labute approximate surface area is 181 Å². The van der Waals surface area contributed by atoms with Crippen LogP contribution in [0.25, 0.3) is 0 Å². The molecule has 2 aromatic rings. The van der Waals surface area contributed by atoms with Crippen LogP contribution in [-0.4, -0.2) is 55.6 Å². The highest BCUT2D eigenvalue weighted by atomic mass is 16.2. The quantitative estimate of drug-likeness (QED) is 0.733. The number of aryl methyl sites for hydroxylation is 1. The molecule has 1 unspecified atom stereocenters. The van der Waals surface area contributed by atoms with E-state index in [1.165, 1.54) is 9.25 Å². The van der Waals surface area contributed by atoms with E-state index in [1.807, 2.05) is 36.1 Å². The molecule has 164 valence electrons. The Kier molecular flexibility index (Phi) is 5.16. The zero-order valence-corrected chi connectivity index (χ0v) is 18.0. The lowest BCUT2D eigenvalue weighted by Gasteiger charge is -2.34. The number of rotatable bonds is 5. The molecule has 1 saturated heterocycles. The van der Waals surface area contributed by atoms with Crippen molar-refractivity contribution in [2.24, 2.45) is 5.92 Å². The van der Waals surface area contributed by atoms with Gasteiger partial charge in [0.15, 0.2) is 5.82 Å². The lowest BCUT2D eigenvalue weighted by molar-refractivity contribution is -0.139. The average molecular weight is 424 g/mol. The number of carbonyl (C=O) groups excluding carboxylic acids is 2. The van der Waals surface area contributed by atoms with Gasteiger partial charge in [0, 0.05) is 19.5 Å². The number of hydrogen-bond donors (Lipinski definition) is 0. The highest BCUT2D eigenvalue weighted by Crippen LogP contribution is 2.34. The molecule has 0 bridgehead atoms. The first kappa shape index (κ1) is 20.0. The number of hydrogen-bond acceptors (Lipinski definition) is 4. The predicted octanol–water partition coefficient (Wildman–Crippen LogP) is 1.71. The van der Waals surface area contributed by atoms with E-state index >= 15 is 0 Å². The molecule has 1 saturated carbocycles. The van der Waals surface area contributed by atoms with Crippen LogP contribution in [0.2, 0.25) is 0 Å². The maximum atomic E-state index is 13.3. The van der Waals surface area contributed by atoms with Crippen LogP contribution in [0, 0.1) is 12.8 Å². The minimum Gasteiger partial charge on any atom is -0.341 e. The molecule has 1 aliphatic carbocycles. The fourth-order valence-corrected chi connectivity index (χ4v) is 4.61. The smallest absolute Gasteiger partial charge is 0.341 e. The molecule has 8 heteroatoms. The minimum atomic E-state index is -0.690. The summed E-state index contributed by atoms with van der Waals surface area (Å²) in [6, 6.07) is 7.30. The van der Waals surface area contributed by atoms with Crippen LogP contribution in [0.1, 0.15) is 55.1 Å². The van der Waals surface area contributed by atoms with Crippen molar-refractivity contribution in [2.75, 3.05) is 19.6 Å². The van der Waals surface area contributed by atoms with Gasteiger partial charge < -0.3 is 9.80 Å². The van der Waals surface area contributed by atoms with Crippen LogP contribution in [-0.2, 0) is 22.7 Å². The summed E-state index contributed by atoms with van der Waals surface area (Å²) in [6.45, 7) is 4.34. The van der Waals surface area contributed by atoms with E-state index in [2.05, 4.69) is 5.10 Å². The van der Waals surface area contributed by atoms with Crippen molar-refractivity contribution >= 4 is 11.8 Å².